The molecule has 0 spiro atoms. The molecule has 1 aliphatic rings. The number of hydrogen-bond donors (Lipinski definition) is 2. The Labute approximate surface area is 195 Å². The molecule has 1 aromatic heterocycles. The van der Waals surface area contributed by atoms with Crippen molar-refractivity contribution in [1.82, 2.24) is 19.8 Å². The number of carbonyl (C=O) groups excluding carboxylic acids is 1. The van der Waals surface area contributed by atoms with E-state index in [4.69, 9.17) is 9.94 Å². The maximum Gasteiger partial charge on any atom is 0.274 e. The van der Waals surface area contributed by atoms with E-state index >= 15 is 0 Å². The Hall–Kier alpha value is -2.71. The summed E-state index contributed by atoms with van der Waals surface area (Å²) in [6.07, 6.45) is 0.804. The van der Waals surface area contributed by atoms with Crippen LogP contribution in [0, 0.1) is 6.92 Å². The summed E-state index contributed by atoms with van der Waals surface area (Å²) in [4.78, 5) is 16.6. The average Bonchev–Trinajstić information content (AvgIpc) is 3.12. The molecule has 3 aromatic rings. The Morgan fingerprint density at radius 1 is 0.970 bits per heavy atom. The minimum atomic E-state index is -0.492. The molecular weight excluding hydrogens is 416 g/mol. The van der Waals surface area contributed by atoms with Gasteiger partial charge in [0.15, 0.2) is 0 Å². The molecule has 7 nitrogen and oxygen atoms in total. The molecule has 4 rings (SSSR count). The highest BCUT2D eigenvalue weighted by molar-refractivity contribution is 5.93. The van der Waals surface area contributed by atoms with E-state index in [0.717, 1.165) is 64.4 Å². The number of fused-ring (bicyclic) bond motifs is 1. The van der Waals surface area contributed by atoms with Crippen LogP contribution < -0.4 is 5.48 Å². The number of benzene rings is 2. The van der Waals surface area contributed by atoms with Crippen molar-refractivity contribution >= 4 is 16.8 Å². The summed E-state index contributed by atoms with van der Waals surface area (Å²) in [6.45, 7) is 10.4. The van der Waals surface area contributed by atoms with Crippen LogP contribution in [0.25, 0.3) is 10.9 Å². The van der Waals surface area contributed by atoms with Crippen molar-refractivity contribution in [1.29, 1.82) is 0 Å². The minimum Gasteiger partial charge on any atom is -0.383 e. The first kappa shape index (κ1) is 23.4. The van der Waals surface area contributed by atoms with Crippen molar-refractivity contribution in [3.63, 3.8) is 0 Å². The average molecular weight is 451 g/mol. The lowest BCUT2D eigenvalue weighted by Crippen LogP contribution is -2.47. The van der Waals surface area contributed by atoms with Crippen LogP contribution in [0.4, 0.5) is 0 Å². The number of rotatable bonds is 9. The first-order valence-corrected chi connectivity index (χ1v) is 11.6. The first-order chi connectivity index (χ1) is 16.1. The van der Waals surface area contributed by atoms with Crippen LogP contribution in [0.15, 0.2) is 48.5 Å². The zero-order valence-corrected chi connectivity index (χ0v) is 19.6. The third-order valence-electron chi connectivity index (χ3n) is 6.78. The van der Waals surface area contributed by atoms with Crippen molar-refractivity contribution in [2.45, 2.75) is 19.9 Å². The van der Waals surface area contributed by atoms with Gasteiger partial charge in [0.1, 0.15) is 0 Å². The normalized spacial score (nSPS) is 15.2. The predicted octanol–water partition coefficient (Wildman–Crippen LogP) is 2.92. The van der Waals surface area contributed by atoms with Gasteiger partial charge < -0.3 is 9.30 Å². The number of para-hydroxylation sites is 1. The molecule has 2 aromatic carbocycles. The molecule has 0 saturated carbocycles. The summed E-state index contributed by atoms with van der Waals surface area (Å²) in [5, 5.41) is 10.1. The lowest BCUT2D eigenvalue weighted by atomic mass is 10.0. The molecule has 33 heavy (non-hydrogen) atoms. The maximum absolute atomic E-state index is 11.6. The molecule has 1 amide bonds. The lowest BCUT2D eigenvalue weighted by molar-refractivity contribution is 0.0706. The van der Waals surface area contributed by atoms with Gasteiger partial charge in [0.05, 0.1) is 6.61 Å². The summed E-state index contributed by atoms with van der Waals surface area (Å²) in [6, 6.07) is 16.0. The second-order valence-electron chi connectivity index (χ2n) is 8.72. The maximum atomic E-state index is 11.6. The van der Waals surface area contributed by atoms with Crippen LogP contribution in [-0.2, 0) is 17.7 Å². The summed E-state index contributed by atoms with van der Waals surface area (Å²) in [7, 11) is 1.76. The van der Waals surface area contributed by atoms with Crippen LogP contribution in [0.5, 0.6) is 0 Å². The number of carbonyl (C=O) groups is 1. The quantitative estimate of drug-likeness (QED) is 0.388. The molecule has 1 aliphatic heterocycles. The Morgan fingerprint density at radius 2 is 1.64 bits per heavy atom. The zero-order valence-electron chi connectivity index (χ0n) is 19.6. The standard InChI is InChI=1S/C26H34N4O3/c1-20-24(19-21-7-9-22(10-8-21)26(31)27-32)23-5-3-4-6-25(23)30(20)16-15-28-11-13-29(14-12-28)17-18-33-2/h3-10,32H,11-19H2,1-2H3,(H,27,31). The van der Waals surface area contributed by atoms with E-state index in [1.165, 1.54) is 22.2 Å². The molecular formula is C26H34N4O3. The van der Waals surface area contributed by atoms with E-state index in [2.05, 4.69) is 45.6 Å². The Morgan fingerprint density at radius 3 is 2.30 bits per heavy atom. The monoisotopic (exact) mass is 450 g/mol. The Balaban J connectivity index is 1.47. The van der Waals surface area contributed by atoms with Crippen molar-refractivity contribution in [3.8, 4) is 0 Å². The topological polar surface area (TPSA) is 70.0 Å². The van der Waals surface area contributed by atoms with Crippen LogP contribution >= 0.6 is 0 Å². The summed E-state index contributed by atoms with van der Waals surface area (Å²) in [5.41, 5.74) is 7.18. The Bertz CT molecular complexity index is 1070. The van der Waals surface area contributed by atoms with Gasteiger partial charge in [0, 0.05) is 75.1 Å². The number of hydroxylamine groups is 1. The van der Waals surface area contributed by atoms with E-state index in [0.29, 0.717) is 5.56 Å². The lowest BCUT2D eigenvalue weighted by Gasteiger charge is -2.34. The predicted molar refractivity (Wildman–Crippen MR) is 130 cm³/mol. The number of piperazine rings is 1. The number of hydrogen-bond acceptors (Lipinski definition) is 5. The van der Waals surface area contributed by atoms with Crippen LogP contribution in [0.2, 0.25) is 0 Å². The molecule has 176 valence electrons. The molecule has 0 aliphatic carbocycles. The van der Waals surface area contributed by atoms with Crippen molar-refractivity contribution < 1.29 is 14.7 Å². The number of nitrogens with zero attached hydrogens (tertiary/aromatic N) is 3. The Kier molecular flexibility index (Phi) is 7.77. The van der Waals surface area contributed by atoms with Gasteiger partial charge in [-0.1, -0.05) is 30.3 Å². The SMILES string of the molecule is COCCN1CCN(CCn2c(C)c(Cc3ccc(C(=O)NO)cc3)c3ccccc32)CC1. The van der Waals surface area contributed by atoms with Gasteiger partial charge in [0.25, 0.3) is 5.91 Å². The number of aromatic nitrogens is 1. The molecule has 0 bridgehead atoms. The molecule has 2 N–H and O–H groups in total. The van der Waals surface area contributed by atoms with Crippen LogP contribution in [0.3, 0.4) is 0 Å². The number of nitrogens with one attached hydrogen (secondary N) is 1. The molecule has 2 heterocycles. The van der Waals surface area contributed by atoms with Gasteiger partial charge in [-0.15, -0.1) is 0 Å². The van der Waals surface area contributed by atoms with Crippen molar-refractivity contribution in [2.24, 2.45) is 0 Å². The van der Waals surface area contributed by atoms with Crippen LogP contribution in [0.1, 0.15) is 27.2 Å². The highest BCUT2D eigenvalue weighted by Crippen LogP contribution is 2.28. The summed E-state index contributed by atoms with van der Waals surface area (Å²) in [5.74, 6) is -0.492. The fraction of sp³-hybridized carbons (Fsp3) is 0.423. The van der Waals surface area contributed by atoms with Gasteiger partial charge in [0.2, 0.25) is 0 Å². The summed E-state index contributed by atoms with van der Waals surface area (Å²) >= 11 is 0. The van der Waals surface area contributed by atoms with Gasteiger partial charge in [-0.05, 0) is 42.7 Å². The molecule has 1 fully saturated rings. The van der Waals surface area contributed by atoms with E-state index < -0.39 is 5.91 Å². The third kappa shape index (κ3) is 5.45. The van der Waals surface area contributed by atoms with E-state index in [1.54, 1.807) is 24.7 Å². The highest BCUT2D eigenvalue weighted by Gasteiger charge is 2.18. The van der Waals surface area contributed by atoms with Crippen molar-refractivity contribution in [3.05, 3.63) is 70.9 Å². The summed E-state index contributed by atoms with van der Waals surface area (Å²) < 4.78 is 7.66. The second kappa shape index (κ2) is 10.9. The van der Waals surface area contributed by atoms with Crippen LogP contribution in [-0.4, -0.2) is 78.5 Å². The number of methoxy groups -OCH3 is 1. The highest BCUT2D eigenvalue weighted by atomic mass is 16.5. The van der Waals surface area contributed by atoms with Gasteiger partial charge >= 0.3 is 0 Å². The van der Waals surface area contributed by atoms with E-state index in [9.17, 15) is 4.79 Å². The molecule has 0 radical (unpaired) electrons. The zero-order chi connectivity index (χ0) is 23.2. The van der Waals surface area contributed by atoms with E-state index in [1.807, 2.05) is 12.1 Å². The molecule has 7 heteroatoms. The van der Waals surface area contributed by atoms with Gasteiger partial charge in [-0.25, -0.2) is 5.48 Å². The molecule has 1 saturated heterocycles. The largest absolute Gasteiger partial charge is 0.383 e. The van der Waals surface area contributed by atoms with E-state index in [-0.39, 0.29) is 0 Å². The van der Waals surface area contributed by atoms with Gasteiger partial charge in [-0.2, -0.15) is 0 Å². The van der Waals surface area contributed by atoms with Crippen molar-refractivity contribution in [2.75, 3.05) is 53.0 Å². The van der Waals surface area contributed by atoms with Gasteiger partial charge in [-0.3, -0.25) is 19.8 Å². The second-order valence-corrected chi connectivity index (χ2v) is 8.72. The molecule has 0 atom stereocenters. The fourth-order valence-corrected chi connectivity index (χ4v) is 4.75. The molecule has 0 unspecified atom stereocenters. The fourth-order valence-electron chi connectivity index (χ4n) is 4.75. The number of amides is 1. The first-order valence-electron chi connectivity index (χ1n) is 11.6. The minimum absolute atomic E-state index is 0.447. The smallest absolute Gasteiger partial charge is 0.274 e. The number of ether oxygens (including phenoxy) is 1. The third-order valence-corrected chi connectivity index (χ3v) is 6.78.